The Morgan fingerprint density at radius 1 is 1.30 bits per heavy atom. The lowest BCUT2D eigenvalue weighted by Crippen LogP contribution is -2.71. The lowest BCUT2D eigenvalue weighted by Gasteiger charge is -2.57. The van der Waals surface area contributed by atoms with Gasteiger partial charge in [-0.2, -0.15) is 0 Å². The SMILES string of the molecule is C=N/C=C\C(=C/C)N1CCN(c2cc(-c3ccccc3O)nnc2N)CC12COC2. The van der Waals surface area contributed by atoms with Crippen LogP contribution in [0.4, 0.5) is 11.5 Å². The van der Waals surface area contributed by atoms with Gasteiger partial charge in [0.15, 0.2) is 5.82 Å². The number of hydrogen-bond donors (Lipinski definition) is 2. The van der Waals surface area contributed by atoms with Crippen LogP contribution in [-0.2, 0) is 4.74 Å². The van der Waals surface area contributed by atoms with Crippen LogP contribution in [0.2, 0.25) is 0 Å². The number of hydrogen-bond acceptors (Lipinski definition) is 8. The highest BCUT2D eigenvalue weighted by atomic mass is 16.5. The summed E-state index contributed by atoms with van der Waals surface area (Å²) >= 11 is 0. The Morgan fingerprint density at radius 3 is 2.77 bits per heavy atom. The first-order valence-corrected chi connectivity index (χ1v) is 9.88. The van der Waals surface area contributed by atoms with Crippen LogP contribution in [0.5, 0.6) is 5.75 Å². The molecule has 0 amide bonds. The number of ether oxygens (including phenoxy) is 1. The van der Waals surface area contributed by atoms with Crippen LogP contribution in [-0.4, -0.2) is 65.3 Å². The lowest BCUT2D eigenvalue weighted by atomic mass is 9.90. The van der Waals surface area contributed by atoms with Gasteiger partial charge in [0.1, 0.15) is 11.3 Å². The van der Waals surface area contributed by atoms with Crippen LogP contribution >= 0.6 is 0 Å². The number of aliphatic imine (C=N–C) groups is 1. The van der Waals surface area contributed by atoms with Crippen molar-refractivity contribution in [3.8, 4) is 17.0 Å². The number of para-hydroxylation sites is 1. The third-order valence-corrected chi connectivity index (χ3v) is 5.67. The van der Waals surface area contributed by atoms with Gasteiger partial charge >= 0.3 is 0 Å². The second-order valence-electron chi connectivity index (χ2n) is 7.52. The van der Waals surface area contributed by atoms with Gasteiger partial charge in [-0.1, -0.05) is 18.2 Å². The summed E-state index contributed by atoms with van der Waals surface area (Å²) in [6.45, 7) is 9.14. The molecule has 0 unspecified atom stereocenters. The monoisotopic (exact) mass is 406 g/mol. The summed E-state index contributed by atoms with van der Waals surface area (Å²) < 4.78 is 5.62. The van der Waals surface area contributed by atoms with E-state index in [1.165, 1.54) is 0 Å². The first-order chi connectivity index (χ1) is 14.6. The van der Waals surface area contributed by atoms with E-state index in [4.69, 9.17) is 10.5 Å². The van der Waals surface area contributed by atoms with E-state index in [9.17, 15) is 5.11 Å². The van der Waals surface area contributed by atoms with Gasteiger partial charge in [-0.05, 0) is 37.9 Å². The van der Waals surface area contributed by atoms with Crippen LogP contribution in [0, 0.1) is 0 Å². The number of aromatic hydroxyl groups is 1. The van der Waals surface area contributed by atoms with E-state index in [1.807, 2.05) is 31.2 Å². The molecule has 3 heterocycles. The molecule has 0 atom stereocenters. The number of rotatable bonds is 5. The minimum absolute atomic E-state index is 0.142. The largest absolute Gasteiger partial charge is 0.507 e. The van der Waals surface area contributed by atoms with E-state index in [-0.39, 0.29) is 11.3 Å². The number of aromatic nitrogens is 2. The molecule has 0 bridgehead atoms. The van der Waals surface area contributed by atoms with Crippen LogP contribution in [0.3, 0.4) is 0 Å². The molecule has 1 spiro atoms. The van der Waals surface area contributed by atoms with Crippen molar-refractivity contribution in [1.82, 2.24) is 15.1 Å². The van der Waals surface area contributed by atoms with Gasteiger partial charge in [-0.15, -0.1) is 10.2 Å². The Bertz CT molecular complexity index is 999. The van der Waals surface area contributed by atoms with E-state index < -0.39 is 0 Å². The molecule has 0 saturated carbocycles. The highest BCUT2D eigenvalue weighted by Gasteiger charge is 2.48. The molecule has 0 radical (unpaired) electrons. The zero-order chi connectivity index (χ0) is 21.1. The van der Waals surface area contributed by atoms with Crippen molar-refractivity contribution in [2.24, 2.45) is 4.99 Å². The summed E-state index contributed by atoms with van der Waals surface area (Å²) in [6.07, 6.45) is 5.76. The van der Waals surface area contributed by atoms with Crippen molar-refractivity contribution in [3.63, 3.8) is 0 Å². The second-order valence-corrected chi connectivity index (χ2v) is 7.52. The molecule has 8 heteroatoms. The smallest absolute Gasteiger partial charge is 0.169 e. The van der Waals surface area contributed by atoms with Crippen molar-refractivity contribution < 1.29 is 9.84 Å². The number of piperazine rings is 1. The Balaban J connectivity index is 1.64. The van der Waals surface area contributed by atoms with Crippen LogP contribution in [0.15, 0.2) is 59.4 Å². The van der Waals surface area contributed by atoms with Crippen LogP contribution in [0.1, 0.15) is 6.92 Å². The van der Waals surface area contributed by atoms with Gasteiger partial charge in [0.25, 0.3) is 0 Å². The van der Waals surface area contributed by atoms with Crippen molar-refractivity contribution in [2.75, 3.05) is 43.5 Å². The minimum atomic E-state index is -0.142. The average Bonchev–Trinajstić information content (AvgIpc) is 2.74. The lowest BCUT2D eigenvalue weighted by molar-refractivity contribution is -0.129. The molecule has 30 heavy (non-hydrogen) atoms. The van der Waals surface area contributed by atoms with Gasteiger partial charge in [0, 0.05) is 37.1 Å². The van der Waals surface area contributed by atoms with Crippen molar-refractivity contribution in [1.29, 1.82) is 0 Å². The van der Waals surface area contributed by atoms with Crippen LogP contribution < -0.4 is 10.6 Å². The highest BCUT2D eigenvalue weighted by Crippen LogP contribution is 2.37. The molecule has 2 fully saturated rings. The number of benzene rings is 1. The molecule has 1 aromatic carbocycles. The van der Waals surface area contributed by atoms with E-state index in [0.717, 1.165) is 31.0 Å². The topological polar surface area (TPSA) is 100 Å². The summed E-state index contributed by atoms with van der Waals surface area (Å²) in [4.78, 5) is 8.45. The van der Waals surface area contributed by atoms with Gasteiger partial charge in [-0.25, -0.2) is 0 Å². The van der Waals surface area contributed by atoms with Gasteiger partial charge in [-0.3, -0.25) is 4.99 Å². The number of nitrogen functional groups attached to an aromatic ring is 1. The normalized spacial score (nSPS) is 18.6. The Labute approximate surface area is 176 Å². The Morgan fingerprint density at radius 2 is 2.10 bits per heavy atom. The van der Waals surface area contributed by atoms with Gasteiger partial charge in [0.05, 0.1) is 24.6 Å². The zero-order valence-electron chi connectivity index (χ0n) is 17.0. The molecule has 2 saturated heterocycles. The number of phenols is 1. The number of nitrogens with two attached hydrogens (primary N) is 1. The molecule has 0 aliphatic carbocycles. The summed E-state index contributed by atoms with van der Waals surface area (Å²) in [5.74, 6) is 0.538. The van der Waals surface area contributed by atoms with Gasteiger partial charge < -0.3 is 25.4 Å². The highest BCUT2D eigenvalue weighted by molar-refractivity contribution is 5.74. The predicted molar refractivity (Wildman–Crippen MR) is 118 cm³/mol. The van der Waals surface area contributed by atoms with E-state index in [1.54, 1.807) is 18.3 Å². The summed E-state index contributed by atoms with van der Waals surface area (Å²) in [7, 11) is 0. The molecule has 4 rings (SSSR count). The maximum Gasteiger partial charge on any atom is 0.169 e. The fourth-order valence-corrected chi connectivity index (χ4v) is 4.11. The molecule has 156 valence electrons. The van der Waals surface area contributed by atoms with Gasteiger partial charge in [0.2, 0.25) is 0 Å². The molecular formula is C22H26N6O2. The molecule has 1 aromatic heterocycles. The molecule has 2 aliphatic rings. The number of anilines is 2. The van der Waals surface area contributed by atoms with E-state index in [0.29, 0.717) is 30.3 Å². The fraction of sp³-hybridized carbons (Fsp3) is 0.318. The zero-order valence-corrected chi connectivity index (χ0v) is 17.0. The summed E-state index contributed by atoms with van der Waals surface area (Å²) in [5.41, 5.74) is 9.20. The fourth-order valence-electron chi connectivity index (χ4n) is 4.11. The first kappa shape index (κ1) is 19.9. The number of nitrogens with zero attached hydrogens (tertiary/aromatic N) is 5. The maximum atomic E-state index is 10.2. The van der Waals surface area contributed by atoms with Crippen molar-refractivity contribution in [2.45, 2.75) is 12.5 Å². The standard InChI is InChI=1S/C22H26N6O2/c1-3-16(8-9-24-2)28-11-10-27(13-22(28)14-30-15-22)19-12-18(25-26-21(19)23)17-6-4-5-7-20(17)29/h3-9,12,29H,2,10-11,13-15H2,1H3,(H2,23,26)/b9-8-,16-3+. The summed E-state index contributed by atoms with van der Waals surface area (Å²) in [6, 6.07) is 8.99. The predicted octanol–water partition coefficient (Wildman–Crippen LogP) is 2.44. The second kappa shape index (κ2) is 8.16. The van der Waals surface area contributed by atoms with Crippen LogP contribution in [0.25, 0.3) is 11.3 Å². The summed E-state index contributed by atoms with van der Waals surface area (Å²) in [5, 5.41) is 18.6. The Kier molecular flexibility index (Phi) is 5.41. The number of phenolic OH excluding ortho intramolecular Hbond substituents is 1. The minimum Gasteiger partial charge on any atom is -0.507 e. The van der Waals surface area contributed by atoms with Crippen molar-refractivity contribution in [3.05, 3.63) is 54.4 Å². The molecule has 2 aliphatic heterocycles. The quantitative estimate of drug-likeness (QED) is 0.581. The molecule has 8 nitrogen and oxygen atoms in total. The van der Waals surface area contributed by atoms with Crippen molar-refractivity contribution >= 4 is 18.2 Å². The third kappa shape index (κ3) is 3.50. The average molecular weight is 406 g/mol. The Hall–Kier alpha value is -3.39. The first-order valence-electron chi connectivity index (χ1n) is 9.88. The molecular weight excluding hydrogens is 380 g/mol. The third-order valence-electron chi connectivity index (χ3n) is 5.67. The van der Waals surface area contributed by atoms with E-state index in [2.05, 4.69) is 37.8 Å². The number of allylic oxidation sites excluding steroid dienone is 2. The molecule has 2 aromatic rings. The van der Waals surface area contributed by atoms with E-state index >= 15 is 0 Å². The maximum absolute atomic E-state index is 10.2. The molecule has 3 N–H and O–H groups in total.